The largest absolute Gasteiger partial charge is 0.465 e. The smallest absolute Gasteiger partial charge is 0.404 e. The number of fused-ring (bicyclic) bond motifs is 1. The lowest BCUT2D eigenvalue weighted by molar-refractivity contribution is -0.124. The van der Waals surface area contributed by atoms with Crippen LogP contribution in [0.2, 0.25) is 0 Å². The summed E-state index contributed by atoms with van der Waals surface area (Å²) < 4.78 is 15.1. The highest BCUT2D eigenvalue weighted by atomic mass is 19.1. The van der Waals surface area contributed by atoms with E-state index in [4.69, 9.17) is 0 Å². The summed E-state index contributed by atoms with van der Waals surface area (Å²) >= 11 is 0. The molecule has 2 N–H and O–H groups in total. The minimum absolute atomic E-state index is 0.176. The number of hydrogen-bond donors (Lipinski definition) is 2. The first-order valence-electron chi connectivity index (χ1n) is 10.9. The molecule has 34 heavy (non-hydrogen) atoms. The molecule has 8 heteroatoms. The van der Waals surface area contributed by atoms with Gasteiger partial charge in [0.05, 0.1) is 34.9 Å². The Labute approximate surface area is 195 Å². The van der Waals surface area contributed by atoms with Crippen molar-refractivity contribution in [2.45, 2.75) is 25.9 Å². The second kappa shape index (κ2) is 7.98. The van der Waals surface area contributed by atoms with Gasteiger partial charge >= 0.3 is 6.09 Å². The summed E-state index contributed by atoms with van der Waals surface area (Å²) in [5, 5.41) is 17.3. The minimum Gasteiger partial charge on any atom is -0.465 e. The van der Waals surface area contributed by atoms with Crippen molar-refractivity contribution in [1.29, 1.82) is 0 Å². The zero-order valence-corrected chi connectivity index (χ0v) is 18.6. The predicted octanol–water partition coefficient (Wildman–Crippen LogP) is 4.91. The molecule has 0 saturated carbocycles. The van der Waals surface area contributed by atoms with Crippen LogP contribution >= 0.6 is 0 Å². The van der Waals surface area contributed by atoms with Crippen LogP contribution in [0.5, 0.6) is 0 Å². The molecule has 3 aromatic carbocycles. The number of carboxylic acid groups (broad SMARTS) is 1. The molecule has 0 spiro atoms. The fourth-order valence-corrected chi connectivity index (χ4v) is 4.73. The molecule has 1 aliphatic rings. The molecule has 0 radical (unpaired) electrons. The number of nitrogens with one attached hydrogen (secondary N) is 1. The predicted molar refractivity (Wildman–Crippen MR) is 126 cm³/mol. The van der Waals surface area contributed by atoms with Crippen LogP contribution in [0.3, 0.4) is 0 Å². The molecule has 7 nitrogen and oxygen atoms in total. The normalized spacial score (nSPS) is 19.5. The summed E-state index contributed by atoms with van der Waals surface area (Å²) in [6.45, 7) is 3.52. The van der Waals surface area contributed by atoms with Gasteiger partial charge in [-0.1, -0.05) is 30.3 Å². The quantitative estimate of drug-likeness (QED) is 0.455. The molecule has 1 saturated heterocycles. The second-order valence-corrected chi connectivity index (χ2v) is 8.96. The first-order valence-corrected chi connectivity index (χ1v) is 10.9. The van der Waals surface area contributed by atoms with Crippen LogP contribution in [0.25, 0.3) is 16.6 Å². The highest BCUT2D eigenvalue weighted by Gasteiger charge is 2.55. The molecule has 2 heterocycles. The summed E-state index contributed by atoms with van der Waals surface area (Å²) in [4.78, 5) is 26.9. The van der Waals surface area contributed by atoms with E-state index in [1.54, 1.807) is 41.8 Å². The van der Waals surface area contributed by atoms with E-state index >= 15 is 0 Å². The Kier molecular flexibility index (Phi) is 5.08. The number of rotatable bonds is 4. The Bertz CT molecular complexity index is 1380. The fraction of sp³-hybridized carbons (Fsp3) is 0.192. The van der Waals surface area contributed by atoms with Crippen LogP contribution in [0.1, 0.15) is 25.5 Å². The van der Waals surface area contributed by atoms with E-state index in [1.165, 1.54) is 12.1 Å². The van der Waals surface area contributed by atoms with Crippen molar-refractivity contribution in [3.63, 3.8) is 0 Å². The van der Waals surface area contributed by atoms with Crippen LogP contribution < -0.4 is 10.2 Å². The van der Waals surface area contributed by atoms with Crippen LogP contribution in [0.15, 0.2) is 79.0 Å². The fourth-order valence-electron chi connectivity index (χ4n) is 4.73. The molecule has 0 unspecified atom stereocenters. The van der Waals surface area contributed by atoms with Crippen molar-refractivity contribution >= 4 is 28.6 Å². The van der Waals surface area contributed by atoms with Gasteiger partial charge in [0, 0.05) is 11.1 Å². The summed E-state index contributed by atoms with van der Waals surface area (Å²) in [5.74, 6) is -0.500. The summed E-state index contributed by atoms with van der Waals surface area (Å²) in [6, 6.07) is 19.9. The number of aromatic nitrogens is 2. The topological polar surface area (TPSA) is 87.5 Å². The van der Waals surface area contributed by atoms with Crippen molar-refractivity contribution < 1.29 is 19.1 Å². The van der Waals surface area contributed by atoms with E-state index in [1.807, 2.05) is 48.5 Å². The Hall–Kier alpha value is -4.20. The number of halogens is 1. The van der Waals surface area contributed by atoms with Gasteiger partial charge in [0.15, 0.2) is 0 Å². The molecular formula is C26H23FN4O3. The average Bonchev–Trinajstić information content (AvgIpc) is 3.32. The molecule has 5 rings (SSSR count). The minimum atomic E-state index is -1.18. The molecular weight excluding hydrogens is 435 g/mol. The Morgan fingerprint density at radius 3 is 2.38 bits per heavy atom. The first kappa shape index (κ1) is 21.6. The zero-order valence-electron chi connectivity index (χ0n) is 18.6. The van der Waals surface area contributed by atoms with Gasteiger partial charge in [0.25, 0.3) is 0 Å². The van der Waals surface area contributed by atoms with Gasteiger partial charge < -0.3 is 15.3 Å². The third-order valence-corrected chi connectivity index (χ3v) is 6.46. The summed E-state index contributed by atoms with van der Waals surface area (Å²) in [5.41, 5.74) is 2.04. The Morgan fingerprint density at radius 2 is 1.71 bits per heavy atom. The number of hydrogen-bond acceptors (Lipinski definition) is 3. The molecule has 4 aromatic rings. The van der Waals surface area contributed by atoms with E-state index in [9.17, 15) is 19.1 Å². The van der Waals surface area contributed by atoms with Gasteiger partial charge in [-0.15, -0.1) is 0 Å². The van der Waals surface area contributed by atoms with Gasteiger partial charge in [-0.3, -0.25) is 4.79 Å². The number of nitrogens with zero attached hydrogens (tertiary/aromatic N) is 3. The van der Waals surface area contributed by atoms with Gasteiger partial charge in [0.1, 0.15) is 5.82 Å². The van der Waals surface area contributed by atoms with Crippen molar-refractivity contribution in [2.75, 3.05) is 4.90 Å². The van der Waals surface area contributed by atoms with Crippen LogP contribution in [0, 0.1) is 11.2 Å². The lowest BCUT2D eigenvalue weighted by Gasteiger charge is -2.30. The van der Waals surface area contributed by atoms with Gasteiger partial charge in [-0.2, -0.15) is 5.10 Å². The zero-order chi connectivity index (χ0) is 24.0. The number of anilines is 1. The lowest BCUT2D eigenvalue weighted by atomic mass is 9.82. The SMILES string of the molecule is CC1(C)C(=O)N(c2ccc3c(cnn3-c3ccc(F)cc3)c2)[C@@H](c2ccccc2)[C@@H]1NC(=O)O. The van der Waals surface area contributed by atoms with Crippen molar-refractivity contribution in [3.8, 4) is 5.69 Å². The molecule has 1 fully saturated rings. The maximum atomic E-state index is 13.6. The Balaban J connectivity index is 1.61. The highest BCUT2D eigenvalue weighted by Crippen LogP contribution is 2.46. The molecule has 2 atom stereocenters. The van der Waals surface area contributed by atoms with Crippen LogP contribution in [0.4, 0.5) is 14.9 Å². The molecule has 0 aliphatic carbocycles. The van der Waals surface area contributed by atoms with E-state index < -0.39 is 23.6 Å². The monoisotopic (exact) mass is 458 g/mol. The Morgan fingerprint density at radius 1 is 1.03 bits per heavy atom. The number of benzene rings is 3. The van der Waals surface area contributed by atoms with Gasteiger partial charge in [-0.05, 0) is 61.9 Å². The molecule has 172 valence electrons. The summed E-state index contributed by atoms with van der Waals surface area (Å²) in [7, 11) is 0. The van der Waals surface area contributed by atoms with Crippen molar-refractivity contribution in [2.24, 2.45) is 5.41 Å². The number of carbonyl (C=O) groups excluding carboxylic acids is 1. The number of amides is 2. The van der Waals surface area contributed by atoms with E-state index in [0.717, 1.165) is 22.2 Å². The first-order chi connectivity index (χ1) is 16.3. The van der Waals surface area contributed by atoms with Crippen molar-refractivity contribution in [3.05, 3.63) is 90.4 Å². The van der Waals surface area contributed by atoms with E-state index in [2.05, 4.69) is 10.4 Å². The highest BCUT2D eigenvalue weighted by molar-refractivity contribution is 6.03. The average molecular weight is 458 g/mol. The standard InChI is InChI=1S/C26H23FN4O3/c1-26(2)23(29-25(33)34)22(16-6-4-3-5-7-16)30(24(26)32)20-12-13-21-17(14-20)15-28-31(21)19-10-8-18(27)9-11-19/h3-15,22-23,29H,1-2H3,(H,33,34)/t22-,23-/m0/s1. The van der Waals surface area contributed by atoms with E-state index in [0.29, 0.717) is 5.69 Å². The van der Waals surface area contributed by atoms with Crippen LogP contribution in [-0.4, -0.2) is 32.9 Å². The maximum Gasteiger partial charge on any atom is 0.404 e. The maximum absolute atomic E-state index is 13.6. The molecule has 2 amide bonds. The second-order valence-electron chi connectivity index (χ2n) is 8.96. The van der Waals surface area contributed by atoms with Crippen LogP contribution in [-0.2, 0) is 4.79 Å². The molecule has 1 aliphatic heterocycles. The number of carbonyl (C=O) groups is 2. The molecule has 0 bridgehead atoms. The van der Waals surface area contributed by atoms with E-state index in [-0.39, 0.29) is 11.7 Å². The summed E-state index contributed by atoms with van der Waals surface area (Å²) in [6.07, 6.45) is 0.517. The third kappa shape index (κ3) is 3.48. The van der Waals surface area contributed by atoms with Crippen molar-refractivity contribution in [1.82, 2.24) is 15.1 Å². The lowest BCUT2D eigenvalue weighted by Crippen LogP contribution is -2.45. The third-order valence-electron chi connectivity index (χ3n) is 6.46. The molecule has 1 aromatic heterocycles. The van der Waals surface area contributed by atoms with Gasteiger partial charge in [0.2, 0.25) is 5.91 Å². The van der Waals surface area contributed by atoms with Gasteiger partial charge in [-0.25, -0.2) is 13.9 Å².